The van der Waals surface area contributed by atoms with Gasteiger partial charge in [0.15, 0.2) is 17.5 Å². The molecule has 0 heterocycles. The van der Waals surface area contributed by atoms with E-state index >= 15 is 0 Å². The zero-order valence-corrected chi connectivity index (χ0v) is 19.4. The Labute approximate surface area is 190 Å². The maximum atomic E-state index is 13.7. The Morgan fingerprint density at radius 3 is 2.62 bits per heavy atom. The van der Waals surface area contributed by atoms with Crippen molar-refractivity contribution in [3.63, 3.8) is 0 Å². The molecule has 8 heteroatoms. The molecule has 2 N–H and O–H groups in total. The molecule has 2 aromatic rings. The summed E-state index contributed by atoms with van der Waals surface area (Å²) in [5.74, 6) is 1.34. The minimum atomic E-state index is -0.370. The van der Waals surface area contributed by atoms with E-state index in [1.807, 2.05) is 38.2 Å². The third-order valence-corrected chi connectivity index (χ3v) is 4.72. The van der Waals surface area contributed by atoms with Crippen LogP contribution in [0.25, 0.3) is 0 Å². The lowest BCUT2D eigenvalue weighted by Crippen LogP contribution is -2.41. The number of para-hydroxylation sites is 1. The average molecular weight is 447 g/mol. The third-order valence-electron chi connectivity index (χ3n) is 4.72. The maximum absolute atomic E-state index is 13.7. The number of hydrogen-bond donors (Lipinski definition) is 2. The number of halogens is 1. The van der Waals surface area contributed by atoms with Crippen LogP contribution in [-0.4, -0.2) is 71.0 Å². The fourth-order valence-electron chi connectivity index (χ4n) is 2.87. The molecule has 1 unspecified atom stereocenters. The number of ether oxygens (including phenoxy) is 3. The summed E-state index contributed by atoms with van der Waals surface area (Å²) in [6, 6.07) is 14.4. The average Bonchev–Trinajstić information content (AvgIpc) is 2.79. The molecule has 0 saturated carbocycles. The van der Waals surface area contributed by atoms with Gasteiger partial charge in [-0.15, -0.1) is 0 Å². The Morgan fingerprint density at radius 2 is 1.88 bits per heavy atom. The van der Waals surface area contributed by atoms with Gasteiger partial charge in [0, 0.05) is 33.8 Å². The summed E-state index contributed by atoms with van der Waals surface area (Å²) in [5, 5.41) is 6.47. The number of rotatable bonds is 13. The third kappa shape index (κ3) is 9.53. The van der Waals surface area contributed by atoms with E-state index in [-0.39, 0.29) is 17.7 Å². The van der Waals surface area contributed by atoms with Gasteiger partial charge in [0.25, 0.3) is 0 Å². The summed E-state index contributed by atoms with van der Waals surface area (Å²) in [6.45, 7) is 5.97. The van der Waals surface area contributed by atoms with Crippen molar-refractivity contribution in [2.24, 2.45) is 4.99 Å². The Morgan fingerprint density at radius 1 is 1.09 bits per heavy atom. The van der Waals surface area contributed by atoms with Gasteiger partial charge in [-0.2, -0.15) is 0 Å². The number of hydrogen-bond acceptors (Lipinski definition) is 5. The number of methoxy groups -OCH3 is 1. The van der Waals surface area contributed by atoms with Crippen LogP contribution in [0.3, 0.4) is 0 Å². The number of guanidine groups is 1. The van der Waals surface area contributed by atoms with Crippen molar-refractivity contribution >= 4 is 5.96 Å². The first kappa shape index (κ1) is 25.4. The van der Waals surface area contributed by atoms with Crippen molar-refractivity contribution in [3.8, 4) is 11.5 Å². The van der Waals surface area contributed by atoms with Gasteiger partial charge < -0.3 is 29.7 Å². The summed E-state index contributed by atoms with van der Waals surface area (Å²) in [6.07, 6.45) is -0.232. The van der Waals surface area contributed by atoms with Gasteiger partial charge in [-0.25, -0.2) is 4.39 Å². The van der Waals surface area contributed by atoms with Gasteiger partial charge in [-0.1, -0.05) is 24.3 Å². The van der Waals surface area contributed by atoms with Gasteiger partial charge in [0.05, 0.1) is 13.2 Å². The second-order valence-electron chi connectivity index (χ2n) is 7.46. The molecule has 0 aromatic heterocycles. The van der Waals surface area contributed by atoms with Crippen LogP contribution in [0.4, 0.5) is 4.39 Å². The number of likely N-dealkylation sites (N-methyl/N-ethyl adjacent to an activating group) is 1. The molecular weight excluding hydrogens is 411 g/mol. The first-order valence-corrected chi connectivity index (χ1v) is 10.8. The van der Waals surface area contributed by atoms with Gasteiger partial charge >= 0.3 is 0 Å². The Balaban J connectivity index is 1.74. The van der Waals surface area contributed by atoms with Crippen LogP contribution in [0.1, 0.15) is 12.5 Å². The Kier molecular flexibility index (Phi) is 11.3. The van der Waals surface area contributed by atoms with Crippen molar-refractivity contribution in [1.82, 2.24) is 15.5 Å². The molecule has 2 aromatic carbocycles. The van der Waals surface area contributed by atoms with Crippen LogP contribution in [0.15, 0.2) is 53.5 Å². The summed E-state index contributed by atoms with van der Waals surface area (Å²) >= 11 is 0. The molecule has 0 amide bonds. The number of nitrogens with one attached hydrogen (secondary N) is 2. The topological polar surface area (TPSA) is 67.4 Å². The zero-order valence-electron chi connectivity index (χ0n) is 19.4. The molecule has 1 atom stereocenters. The lowest BCUT2D eigenvalue weighted by Gasteiger charge is -2.18. The molecule has 0 fully saturated rings. The minimum absolute atomic E-state index is 0.232. The Bertz CT molecular complexity index is 834. The van der Waals surface area contributed by atoms with Crippen molar-refractivity contribution in [3.05, 3.63) is 59.9 Å². The van der Waals surface area contributed by atoms with Gasteiger partial charge in [0.1, 0.15) is 18.5 Å². The molecule has 7 nitrogen and oxygen atoms in total. The highest BCUT2D eigenvalue weighted by molar-refractivity contribution is 5.79. The quantitative estimate of drug-likeness (QED) is 0.364. The number of benzene rings is 2. The predicted molar refractivity (Wildman–Crippen MR) is 126 cm³/mol. The van der Waals surface area contributed by atoms with Crippen molar-refractivity contribution < 1.29 is 18.6 Å². The SMILES string of the molecule is CN=C(NCc1cccc(OCCN(C)CCOC)c1)NCC(C)Oc1ccccc1F. The van der Waals surface area contributed by atoms with Gasteiger partial charge in [-0.05, 0) is 43.8 Å². The smallest absolute Gasteiger partial charge is 0.191 e. The van der Waals surface area contributed by atoms with E-state index < -0.39 is 0 Å². The molecule has 176 valence electrons. The molecule has 0 saturated heterocycles. The molecule has 0 bridgehead atoms. The fraction of sp³-hybridized carbons (Fsp3) is 0.458. The van der Waals surface area contributed by atoms with E-state index in [0.29, 0.717) is 32.3 Å². The van der Waals surface area contributed by atoms with E-state index in [1.165, 1.54) is 6.07 Å². The van der Waals surface area contributed by atoms with E-state index in [1.54, 1.807) is 32.4 Å². The molecule has 32 heavy (non-hydrogen) atoms. The first-order chi connectivity index (χ1) is 15.5. The summed E-state index contributed by atoms with van der Waals surface area (Å²) in [4.78, 5) is 6.40. The lowest BCUT2D eigenvalue weighted by molar-refractivity contribution is 0.150. The molecular formula is C24H35FN4O3. The number of nitrogens with zero attached hydrogens (tertiary/aromatic N) is 2. The van der Waals surface area contributed by atoms with E-state index in [4.69, 9.17) is 14.2 Å². The van der Waals surface area contributed by atoms with Crippen LogP contribution in [0.2, 0.25) is 0 Å². The molecule has 0 aliphatic heterocycles. The fourth-order valence-corrected chi connectivity index (χ4v) is 2.87. The normalized spacial score (nSPS) is 12.5. The Hall–Kier alpha value is -2.84. The van der Waals surface area contributed by atoms with Crippen molar-refractivity contribution in [1.29, 1.82) is 0 Å². The monoisotopic (exact) mass is 446 g/mol. The van der Waals surface area contributed by atoms with Crippen molar-refractivity contribution in [2.45, 2.75) is 19.6 Å². The summed E-state index contributed by atoms with van der Waals surface area (Å²) in [7, 11) is 5.45. The largest absolute Gasteiger partial charge is 0.492 e. The van der Waals surface area contributed by atoms with Gasteiger partial charge in [-0.3, -0.25) is 4.99 Å². The minimum Gasteiger partial charge on any atom is -0.492 e. The molecule has 0 aliphatic rings. The van der Waals surface area contributed by atoms with Crippen molar-refractivity contribution in [2.75, 3.05) is 54.1 Å². The number of aliphatic imine (C=N–C) groups is 1. The lowest BCUT2D eigenvalue weighted by atomic mass is 10.2. The standard InChI is InChI=1S/C24H35FN4O3/c1-19(32-23-11-6-5-10-22(23)25)17-27-24(26-2)28-18-20-8-7-9-21(16-20)31-15-13-29(3)12-14-30-4/h5-11,16,19H,12-15,17-18H2,1-4H3,(H2,26,27,28). The van der Waals surface area contributed by atoms with Crippen LogP contribution in [-0.2, 0) is 11.3 Å². The molecule has 0 aliphatic carbocycles. The highest BCUT2D eigenvalue weighted by atomic mass is 19.1. The molecule has 2 rings (SSSR count). The van der Waals surface area contributed by atoms with E-state index in [0.717, 1.165) is 24.4 Å². The van der Waals surface area contributed by atoms with Crippen LogP contribution < -0.4 is 20.1 Å². The second kappa shape index (κ2) is 14.3. The summed E-state index contributed by atoms with van der Waals surface area (Å²) in [5.41, 5.74) is 1.08. The second-order valence-corrected chi connectivity index (χ2v) is 7.46. The predicted octanol–water partition coefficient (Wildman–Crippen LogP) is 2.92. The van der Waals surface area contributed by atoms with Crippen LogP contribution >= 0.6 is 0 Å². The van der Waals surface area contributed by atoms with E-state index in [2.05, 4.69) is 20.5 Å². The van der Waals surface area contributed by atoms with Crippen LogP contribution in [0.5, 0.6) is 11.5 Å². The summed E-state index contributed by atoms with van der Waals surface area (Å²) < 4.78 is 30.3. The van der Waals surface area contributed by atoms with Gasteiger partial charge in [0.2, 0.25) is 0 Å². The zero-order chi connectivity index (χ0) is 23.2. The maximum Gasteiger partial charge on any atom is 0.191 e. The first-order valence-electron chi connectivity index (χ1n) is 10.8. The highest BCUT2D eigenvalue weighted by Crippen LogP contribution is 2.16. The highest BCUT2D eigenvalue weighted by Gasteiger charge is 2.09. The molecule has 0 radical (unpaired) electrons. The molecule has 0 spiro atoms. The van der Waals surface area contributed by atoms with E-state index in [9.17, 15) is 4.39 Å². The van der Waals surface area contributed by atoms with Crippen LogP contribution in [0, 0.1) is 5.82 Å².